The maximum absolute atomic E-state index is 5.55. The maximum atomic E-state index is 5.55. The van der Waals surface area contributed by atoms with E-state index in [2.05, 4.69) is 35.9 Å². The Balaban J connectivity index is 1.61. The highest BCUT2D eigenvalue weighted by atomic mass is 16.5. The SMILES string of the molecule is COc1ccc(CNc2nc(NCCOCCOCCN)nc(NCc3ccccn3)n2)cc1OC. The fraction of sp³-hybridized carbons (Fsp3) is 0.417. The predicted octanol–water partition coefficient (Wildman–Crippen LogP) is 1.91. The predicted molar refractivity (Wildman–Crippen MR) is 137 cm³/mol. The van der Waals surface area contributed by atoms with Crippen LogP contribution in [0, 0.1) is 0 Å². The van der Waals surface area contributed by atoms with Gasteiger partial charge in [0.15, 0.2) is 11.5 Å². The number of rotatable bonds is 17. The van der Waals surface area contributed by atoms with Crippen LogP contribution in [0.25, 0.3) is 0 Å². The molecule has 3 aromatic rings. The van der Waals surface area contributed by atoms with E-state index in [9.17, 15) is 0 Å². The summed E-state index contributed by atoms with van der Waals surface area (Å²) in [6, 6.07) is 11.4. The van der Waals surface area contributed by atoms with Gasteiger partial charge in [0.05, 0.1) is 52.9 Å². The number of nitrogens with zero attached hydrogens (tertiary/aromatic N) is 4. The fourth-order valence-corrected chi connectivity index (χ4v) is 3.10. The van der Waals surface area contributed by atoms with Crippen molar-refractivity contribution in [2.24, 2.45) is 5.73 Å². The van der Waals surface area contributed by atoms with E-state index in [0.717, 1.165) is 11.3 Å². The van der Waals surface area contributed by atoms with Gasteiger partial charge in [-0.3, -0.25) is 4.98 Å². The first-order valence-electron chi connectivity index (χ1n) is 11.7. The third-order valence-corrected chi connectivity index (χ3v) is 4.85. The van der Waals surface area contributed by atoms with Crippen LogP contribution in [0.2, 0.25) is 0 Å². The number of nitrogens with one attached hydrogen (secondary N) is 3. The van der Waals surface area contributed by atoms with Crippen LogP contribution < -0.4 is 31.2 Å². The van der Waals surface area contributed by atoms with Gasteiger partial charge in [-0.2, -0.15) is 15.0 Å². The molecule has 0 atom stereocenters. The van der Waals surface area contributed by atoms with E-state index in [1.807, 2.05) is 36.4 Å². The molecule has 0 unspecified atom stereocenters. The largest absolute Gasteiger partial charge is 0.493 e. The average Bonchev–Trinajstić information content (AvgIpc) is 2.92. The van der Waals surface area contributed by atoms with Gasteiger partial charge in [-0.25, -0.2) is 0 Å². The van der Waals surface area contributed by atoms with Crippen molar-refractivity contribution in [1.29, 1.82) is 0 Å². The van der Waals surface area contributed by atoms with Gasteiger partial charge in [0.25, 0.3) is 0 Å². The lowest BCUT2D eigenvalue weighted by Gasteiger charge is -2.13. The lowest BCUT2D eigenvalue weighted by atomic mass is 10.2. The quantitative estimate of drug-likeness (QED) is 0.201. The van der Waals surface area contributed by atoms with Gasteiger partial charge in [0.2, 0.25) is 17.8 Å². The molecule has 0 bridgehead atoms. The molecule has 0 amide bonds. The summed E-state index contributed by atoms with van der Waals surface area (Å²) in [6.07, 6.45) is 1.74. The van der Waals surface area contributed by atoms with Crippen LogP contribution >= 0.6 is 0 Å². The number of nitrogens with two attached hydrogens (primary N) is 1. The summed E-state index contributed by atoms with van der Waals surface area (Å²) in [5, 5.41) is 9.63. The van der Waals surface area contributed by atoms with E-state index in [4.69, 9.17) is 24.7 Å². The number of methoxy groups -OCH3 is 2. The molecule has 0 spiro atoms. The molecular weight excluding hydrogens is 464 g/mol. The van der Waals surface area contributed by atoms with Crippen molar-refractivity contribution in [3.63, 3.8) is 0 Å². The normalized spacial score (nSPS) is 10.6. The number of anilines is 3. The van der Waals surface area contributed by atoms with Crippen molar-refractivity contribution in [2.75, 3.05) is 69.7 Å². The van der Waals surface area contributed by atoms with Crippen LogP contribution in [0.15, 0.2) is 42.6 Å². The number of hydrogen-bond acceptors (Lipinski definition) is 12. The molecule has 12 nitrogen and oxygen atoms in total. The highest BCUT2D eigenvalue weighted by Gasteiger charge is 2.09. The number of aromatic nitrogens is 4. The van der Waals surface area contributed by atoms with Gasteiger partial charge in [0, 0.05) is 25.8 Å². The molecule has 12 heteroatoms. The van der Waals surface area contributed by atoms with E-state index in [-0.39, 0.29) is 0 Å². The van der Waals surface area contributed by atoms with Crippen LogP contribution in [0.1, 0.15) is 11.3 Å². The highest BCUT2D eigenvalue weighted by Crippen LogP contribution is 2.27. The molecule has 0 saturated heterocycles. The Kier molecular flexibility index (Phi) is 11.4. The third-order valence-electron chi connectivity index (χ3n) is 4.85. The van der Waals surface area contributed by atoms with Gasteiger partial charge in [-0.05, 0) is 29.8 Å². The van der Waals surface area contributed by atoms with Crippen molar-refractivity contribution in [1.82, 2.24) is 19.9 Å². The second-order valence-corrected chi connectivity index (χ2v) is 7.46. The van der Waals surface area contributed by atoms with Gasteiger partial charge >= 0.3 is 0 Å². The van der Waals surface area contributed by atoms with Crippen molar-refractivity contribution in [2.45, 2.75) is 13.1 Å². The first kappa shape index (κ1) is 26.9. The van der Waals surface area contributed by atoms with Gasteiger partial charge in [-0.15, -0.1) is 0 Å². The minimum Gasteiger partial charge on any atom is -0.493 e. The van der Waals surface area contributed by atoms with Crippen molar-refractivity contribution in [3.8, 4) is 11.5 Å². The van der Waals surface area contributed by atoms with E-state index in [0.29, 0.717) is 82.0 Å². The molecule has 0 radical (unpaired) electrons. The summed E-state index contributed by atoms with van der Waals surface area (Å²) in [6.45, 7) is 3.99. The molecule has 36 heavy (non-hydrogen) atoms. The van der Waals surface area contributed by atoms with Crippen LogP contribution in [0.4, 0.5) is 17.8 Å². The zero-order valence-corrected chi connectivity index (χ0v) is 20.7. The zero-order chi connectivity index (χ0) is 25.4. The van der Waals surface area contributed by atoms with E-state index < -0.39 is 0 Å². The van der Waals surface area contributed by atoms with Crippen molar-refractivity contribution in [3.05, 3.63) is 53.9 Å². The van der Waals surface area contributed by atoms with Crippen LogP contribution in [-0.4, -0.2) is 73.7 Å². The molecule has 0 aliphatic rings. The molecule has 5 N–H and O–H groups in total. The van der Waals surface area contributed by atoms with Crippen LogP contribution in [0.3, 0.4) is 0 Å². The van der Waals surface area contributed by atoms with Crippen LogP contribution in [-0.2, 0) is 22.6 Å². The molecule has 0 fully saturated rings. The third kappa shape index (κ3) is 9.13. The van der Waals surface area contributed by atoms with Gasteiger partial charge < -0.3 is 40.6 Å². The fourth-order valence-electron chi connectivity index (χ4n) is 3.10. The average molecular weight is 499 g/mol. The minimum absolute atomic E-state index is 0.418. The molecular formula is C24H34N8O4. The monoisotopic (exact) mass is 498 g/mol. The molecule has 2 aromatic heterocycles. The molecule has 0 aliphatic carbocycles. The lowest BCUT2D eigenvalue weighted by molar-refractivity contribution is 0.0547. The number of benzene rings is 1. The van der Waals surface area contributed by atoms with Gasteiger partial charge in [0.1, 0.15) is 0 Å². The van der Waals surface area contributed by atoms with Gasteiger partial charge in [-0.1, -0.05) is 12.1 Å². The Labute approximate surface area is 211 Å². The first-order valence-corrected chi connectivity index (χ1v) is 11.7. The zero-order valence-electron chi connectivity index (χ0n) is 20.7. The summed E-state index contributed by atoms with van der Waals surface area (Å²) in [7, 11) is 3.21. The molecule has 2 heterocycles. The summed E-state index contributed by atoms with van der Waals surface area (Å²) < 4.78 is 21.5. The molecule has 0 saturated carbocycles. The summed E-state index contributed by atoms with van der Waals surface area (Å²) >= 11 is 0. The molecule has 0 aliphatic heterocycles. The Bertz CT molecular complexity index is 1040. The van der Waals surface area contributed by atoms with E-state index in [1.54, 1.807) is 20.4 Å². The topological polar surface area (TPSA) is 151 Å². The summed E-state index contributed by atoms with van der Waals surface area (Å²) in [5.41, 5.74) is 7.25. The van der Waals surface area contributed by atoms with E-state index >= 15 is 0 Å². The number of hydrogen-bond donors (Lipinski definition) is 4. The van der Waals surface area contributed by atoms with Crippen molar-refractivity contribution >= 4 is 17.8 Å². The Morgan fingerprint density at radius 1 is 0.750 bits per heavy atom. The molecule has 3 rings (SSSR count). The standard InChI is InChI=1S/C24H34N8O4/c1-33-20-7-6-18(15-21(20)34-2)16-28-23-30-22(27-10-12-36-14-13-35-11-8-25)31-24(32-23)29-17-19-5-3-4-9-26-19/h3-7,9,15H,8,10-14,16-17,25H2,1-2H3,(H3,27,28,29,30,31,32). The number of ether oxygens (including phenoxy) is 4. The Morgan fingerprint density at radius 3 is 2.11 bits per heavy atom. The highest BCUT2D eigenvalue weighted by molar-refractivity contribution is 5.45. The maximum Gasteiger partial charge on any atom is 0.229 e. The second kappa shape index (κ2) is 15.3. The summed E-state index contributed by atoms with van der Waals surface area (Å²) in [5.74, 6) is 2.58. The number of pyridine rings is 1. The first-order chi connectivity index (χ1) is 17.7. The summed E-state index contributed by atoms with van der Waals surface area (Å²) in [4.78, 5) is 17.8. The second-order valence-electron chi connectivity index (χ2n) is 7.46. The lowest BCUT2D eigenvalue weighted by Crippen LogP contribution is -2.17. The minimum atomic E-state index is 0.418. The Morgan fingerprint density at radius 2 is 1.44 bits per heavy atom. The smallest absolute Gasteiger partial charge is 0.229 e. The molecule has 1 aromatic carbocycles. The molecule has 194 valence electrons. The van der Waals surface area contributed by atoms with Crippen molar-refractivity contribution < 1.29 is 18.9 Å². The van der Waals surface area contributed by atoms with E-state index in [1.165, 1.54) is 0 Å². The Hall–Kier alpha value is -3.74. The van der Waals surface area contributed by atoms with Crippen LogP contribution in [0.5, 0.6) is 11.5 Å².